The number of halogens is 1. The van der Waals surface area contributed by atoms with Gasteiger partial charge < -0.3 is 5.32 Å². The highest BCUT2D eigenvalue weighted by atomic mass is 35.5. The van der Waals surface area contributed by atoms with Crippen LogP contribution in [0.3, 0.4) is 0 Å². The number of fused-ring (bicyclic) bond motifs is 1. The summed E-state index contributed by atoms with van der Waals surface area (Å²) >= 11 is 6.26. The number of hydrogen-bond donors (Lipinski definition) is 2. The number of amides is 3. The van der Waals surface area contributed by atoms with Gasteiger partial charge in [-0.3, -0.25) is 10.0 Å². The molecule has 0 aromatic heterocycles. The number of nitrogens with zero attached hydrogens (tertiary/aromatic N) is 1. The molecule has 4 unspecified atom stereocenters. The van der Waals surface area contributed by atoms with Crippen LogP contribution in [0.1, 0.15) is 18.4 Å². The lowest BCUT2D eigenvalue weighted by atomic mass is 9.73. The molecule has 2 aliphatic rings. The summed E-state index contributed by atoms with van der Waals surface area (Å²) in [6, 6.07) is 8.89. The number of imide groups is 1. The third-order valence-electron chi connectivity index (χ3n) is 4.41. The standard InChI is InChI=1S/C15H17ClN2O3/c16-11-7-6-10(8-9-4-2-1-3-5-9)13-12(11)14(19)18(21)15(20)17-13/h1-5,10-13,21H,6-8H2,(H,17,20). The smallest absolute Gasteiger partial charge is 0.332 e. The molecule has 1 aliphatic carbocycles. The summed E-state index contributed by atoms with van der Waals surface area (Å²) in [5, 5.41) is 12.0. The number of rotatable bonds is 2. The molecule has 1 heterocycles. The zero-order valence-electron chi connectivity index (χ0n) is 11.4. The SMILES string of the molecule is O=C1NC2C(Cc3ccccc3)CCC(Cl)C2C(=O)N1O. The highest BCUT2D eigenvalue weighted by Crippen LogP contribution is 2.37. The third-order valence-corrected chi connectivity index (χ3v) is 4.90. The molecule has 2 N–H and O–H groups in total. The van der Waals surface area contributed by atoms with E-state index < -0.39 is 17.9 Å². The molecule has 0 bridgehead atoms. The van der Waals surface area contributed by atoms with E-state index in [1.807, 2.05) is 30.3 Å². The number of alkyl halides is 1. The first-order valence-electron chi connectivity index (χ1n) is 7.09. The third kappa shape index (κ3) is 2.63. The maximum atomic E-state index is 12.1. The van der Waals surface area contributed by atoms with Crippen LogP contribution in [0.15, 0.2) is 30.3 Å². The molecule has 5 nitrogen and oxygen atoms in total. The van der Waals surface area contributed by atoms with E-state index in [1.165, 1.54) is 5.56 Å². The van der Waals surface area contributed by atoms with E-state index in [2.05, 4.69) is 5.32 Å². The van der Waals surface area contributed by atoms with Gasteiger partial charge in [-0.05, 0) is 30.7 Å². The first-order valence-corrected chi connectivity index (χ1v) is 7.53. The van der Waals surface area contributed by atoms with E-state index in [0.29, 0.717) is 6.42 Å². The average Bonchev–Trinajstić information content (AvgIpc) is 2.48. The van der Waals surface area contributed by atoms with Crippen LogP contribution in [0.2, 0.25) is 0 Å². The summed E-state index contributed by atoms with van der Waals surface area (Å²) in [6.45, 7) is 0. The van der Waals surface area contributed by atoms with E-state index in [-0.39, 0.29) is 22.4 Å². The summed E-state index contributed by atoms with van der Waals surface area (Å²) in [5.41, 5.74) is 1.17. The molecule has 1 saturated heterocycles. The first kappa shape index (κ1) is 14.4. The number of carbonyl (C=O) groups excluding carboxylic acids is 2. The summed E-state index contributed by atoms with van der Waals surface area (Å²) in [4.78, 5) is 23.8. The van der Waals surface area contributed by atoms with Crippen LogP contribution in [0.4, 0.5) is 4.79 Å². The van der Waals surface area contributed by atoms with E-state index in [1.54, 1.807) is 0 Å². The largest absolute Gasteiger partial charge is 0.348 e. The zero-order valence-corrected chi connectivity index (χ0v) is 12.2. The molecule has 0 spiro atoms. The summed E-state index contributed by atoms with van der Waals surface area (Å²) in [7, 11) is 0. The van der Waals surface area contributed by atoms with E-state index in [9.17, 15) is 14.8 Å². The Hall–Kier alpha value is -1.59. The highest BCUT2D eigenvalue weighted by Gasteiger charge is 2.49. The topological polar surface area (TPSA) is 69.6 Å². The van der Waals surface area contributed by atoms with Gasteiger partial charge in [0, 0.05) is 11.4 Å². The second kappa shape index (κ2) is 5.66. The summed E-state index contributed by atoms with van der Waals surface area (Å²) in [6.07, 6.45) is 2.34. The molecule has 3 rings (SSSR count). The Bertz CT molecular complexity index is 551. The number of nitrogens with one attached hydrogen (secondary N) is 1. The fourth-order valence-electron chi connectivity index (χ4n) is 3.36. The van der Waals surface area contributed by atoms with Crippen molar-refractivity contribution in [1.29, 1.82) is 0 Å². The Labute approximate surface area is 127 Å². The van der Waals surface area contributed by atoms with Gasteiger partial charge >= 0.3 is 6.03 Å². The molecule has 1 aromatic carbocycles. The monoisotopic (exact) mass is 308 g/mol. The van der Waals surface area contributed by atoms with Crippen molar-refractivity contribution in [2.75, 3.05) is 0 Å². The van der Waals surface area contributed by atoms with Crippen molar-refractivity contribution >= 4 is 23.5 Å². The van der Waals surface area contributed by atoms with Crippen LogP contribution in [0.25, 0.3) is 0 Å². The second-order valence-corrected chi connectivity index (χ2v) is 6.25. The number of benzene rings is 1. The summed E-state index contributed by atoms with van der Waals surface area (Å²) < 4.78 is 0. The van der Waals surface area contributed by atoms with Crippen molar-refractivity contribution in [2.45, 2.75) is 30.7 Å². The molecular formula is C15H17ClN2O3. The van der Waals surface area contributed by atoms with Crippen molar-refractivity contribution in [2.24, 2.45) is 11.8 Å². The van der Waals surface area contributed by atoms with E-state index in [0.717, 1.165) is 12.8 Å². The van der Waals surface area contributed by atoms with Crippen LogP contribution in [-0.4, -0.2) is 33.6 Å². The second-order valence-electron chi connectivity index (χ2n) is 5.69. The van der Waals surface area contributed by atoms with Crippen molar-refractivity contribution in [3.05, 3.63) is 35.9 Å². The van der Waals surface area contributed by atoms with Crippen molar-refractivity contribution < 1.29 is 14.8 Å². The number of hydrogen-bond acceptors (Lipinski definition) is 3. The zero-order chi connectivity index (χ0) is 15.0. The molecule has 1 aromatic rings. The first-order chi connectivity index (χ1) is 10.1. The van der Waals surface area contributed by atoms with Gasteiger partial charge in [-0.1, -0.05) is 30.3 Å². The van der Waals surface area contributed by atoms with Crippen LogP contribution < -0.4 is 5.32 Å². The van der Waals surface area contributed by atoms with Crippen molar-refractivity contribution in [3.8, 4) is 0 Å². The van der Waals surface area contributed by atoms with E-state index in [4.69, 9.17) is 11.6 Å². The maximum Gasteiger partial charge on any atom is 0.348 e. The summed E-state index contributed by atoms with van der Waals surface area (Å²) in [5.74, 6) is -1.01. The van der Waals surface area contributed by atoms with Gasteiger partial charge in [0.2, 0.25) is 0 Å². The Morgan fingerprint density at radius 2 is 1.95 bits per heavy atom. The molecule has 112 valence electrons. The van der Waals surface area contributed by atoms with Crippen LogP contribution in [0.5, 0.6) is 0 Å². The van der Waals surface area contributed by atoms with Gasteiger partial charge in [-0.2, -0.15) is 0 Å². The van der Waals surface area contributed by atoms with Gasteiger partial charge in [0.25, 0.3) is 5.91 Å². The minimum Gasteiger partial charge on any atom is -0.332 e. The van der Waals surface area contributed by atoms with Gasteiger partial charge in [0.1, 0.15) is 0 Å². The molecule has 6 heteroatoms. The van der Waals surface area contributed by atoms with E-state index >= 15 is 0 Å². The minimum atomic E-state index is -0.759. The molecule has 2 fully saturated rings. The number of urea groups is 1. The molecule has 4 atom stereocenters. The van der Waals surface area contributed by atoms with Gasteiger partial charge in [0.05, 0.1) is 5.92 Å². The predicted molar refractivity (Wildman–Crippen MR) is 77.0 cm³/mol. The van der Waals surface area contributed by atoms with Gasteiger partial charge in [-0.25, -0.2) is 4.79 Å². The lowest BCUT2D eigenvalue weighted by Crippen LogP contribution is -2.64. The van der Waals surface area contributed by atoms with Crippen molar-refractivity contribution in [1.82, 2.24) is 10.4 Å². The Morgan fingerprint density at radius 3 is 2.67 bits per heavy atom. The molecule has 21 heavy (non-hydrogen) atoms. The van der Waals surface area contributed by atoms with Crippen LogP contribution >= 0.6 is 11.6 Å². The molecular weight excluding hydrogens is 292 g/mol. The molecule has 1 saturated carbocycles. The normalized spacial score (nSPS) is 32.6. The van der Waals surface area contributed by atoms with Crippen LogP contribution in [-0.2, 0) is 11.2 Å². The number of hydroxylamine groups is 2. The van der Waals surface area contributed by atoms with Crippen LogP contribution in [0, 0.1) is 11.8 Å². The van der Waals surface area contributed by atoms with Gasteiger partial charge in [-0.15, -0.1) is 16.7 Å². The fraction of sp³-hybridized carbons (Fsp3) is 0.467. The van der Waals surface area contributed by atoms with Gasteiger partial charge in [0.15, 0.2) is 0 Å². The Balaban J connectivity index is 1.83. The lowest BCUT2D eigenvalue weighted by molar-refractivity contribution is -0.164. The highest BCUT2D eigenvalue weighted by molar-refractivity contribution is 6.22. The maximum absolute atomic E-state index is 12.1. The Kier molecular flexibility index (Phi) is 3.87. The molecule has 0 radical (unpaired) electrons. The minimum absolute atomic E-state index is 0.147. The quantitative estimate of drug-likeness (QED) is 0.650. The predicted octanol–water partition coefficient (Wildman–Crippen LogP) is 2.17. The average molecular weight is 309 g/mol. The fourth-order valence-corrected chi connectivity index (χ4v) is 3.75. The number of carbonyl (C=O) groups is 2. The van der Waals surface area contributed by atoms with Crippen molar-refractivity contribution in [3.63, 3.8) is 0 Å². The lowest BCUT2D eigenvalue weighted by Gasteiger charge is -2.44. The molecule has 3 amide bonds. The molecule has 1 aliphatic heterocycles. The Morgan fingerprint density at radius 1 is 1.24 bits per heavy atom.